The first kappa shape index (κ1) is 13.6. The van der Waals surface area contributed by atoms with Gasteiger partial charge in [-0.15, -0.1) is 0 Å². The molecule has 1 atom stereocenters. The smallest absolute Gasteiger partial charge is 0.161 e. The standard InChI is InChI=1S/C17H21N3O2/c1-20-11-18-9-14(20)10-19-17(12-2-3-12)13-4-5-15-16(8-13)22-7-6-21-15/h4-5,8-9,11-12,17,19H,2-3,6-7,10H2,1H3. The van der Waals surface area contributed by atoms with Crippen molar-refractivity contribution in [3.8, 4) is 11.5 Å². The van der Waals surface area contributed by atoms with Crippen molar-refractivity contribution in [2.24, 2.45) is 13.0 Å². The Bertz CT molecular complexity index is 664. The van der Waals surface area contributed by atoms with Gasteiger partial charge in [-0.2, -0.15) is 0 Å². The highest BCUT2D eigenvalue weighted by atomic mass is 16.6. The summed E-state index contributed by atoms with van der Waals surface area (Å²) in [4.78, 5) is 4.18. The molecule has 5 nitrogen and oxygen atoms in total. The van der Waals surface area contributed by atoms with Gasteiger partial charge < -0.3 is 19.4 Å². The molecule has 0 saturated heterocycles. The number of ether oxygens (including phenoxy) is 2. The van der Waals surface area contributed by atoms with E-state index in [0.29, 0.717) is 19.3 Å². The average Bonchev–Trinajstić information content (AvgIpc) is 3.30. The van der Waals surface area contributed by atoms with Crippen molar-refractivity contribution in [2.75, 3.05) is 13.2 Å². The second-order valence-electron chi connectivity index (χ2n) is 6.09. The Kier molecular flexibility index (Phi) is 3.50. The van der Waals surface area contributed by atoms with Crippen molar-refractivity contribution in [3.05, 3.63) is 42.0 Å². The zero-order chi connectivity index (χ0) is 14.9. The van der Waals surface area contributed by atoms with E-state index in [1.54, 1.807) is 0 Å². The third-order valence-electron chi connectivity index (χ3n) is 4.44. The van der Waals surface area contributed by atoms with Crippen molar-refractivity contribution in [1.29, 1.82) is 0 Å². The number of nitrogens with zero attached hydrogens (tertiary/aromatic N) is 2. The summed E-state index contributed by atoms with van der Waals surface area (Å²) in [5.74, 6) is 2.45. The summed E-state index contributed by atoms with van der Waals surface area (Å²) in [6.45, 7) is 2.09. The van der Waals surface area contributed by atoms with Crippen molar-refractivity contribution < 1.29 is 9.47 Å². The van der Waals surface area contributed by atoms with Crippen LogP contribution in [0.1, 0.15) is 30.1 Å². The SMILES string of the molecule is Cn1cncc1CNC(c1ccc2c(c1)OCCO2)C1CC1. The second kappa shape index (κ2) is 5.65. The number of hydrogen-bond donors (Lipinski definition) is 1. The highest BCUT2D eigenvalue weighted by molar-refractivity contribution is 5.45. The van der Waals surface area contributed by atoms with E-state index in [4.69, 9.17) is 9.47 Å². The average molecular weight is 299 g/mol. The lowest BCUT2D eigenvalue weighted by molar-refractivity contribution is 0.171. The van der Waals surface area contributed by atoms with Crippen molar-refractivity contribution in [1.82, 2.24) is 14.9 Å². The lowest BCUT2D eigenvalue weighted by Crippen LogP contribution is -2.24. The van der Waals surface area contributed by atoms with E-state index >= 15 is 0 Å². The minimum Gasteiger partial charge on any atom is -0.486 e. The number of imidazole rings is 1. The van der Waals surface area contributed by atoms with Crippen LogP contribution >= 0.6 is 0 Å². The van der Waals surface area contributed by atoms with E-state index < -0.39 is 0 Å². The number of aromatic nitrogens is 2. The molecule has 2 heterocycles. The molecule has 0 bridgehead atoms. The van der Waals surface area contributed by atoms with Gasteiger partial charge in [-0.1, -0.05) is 6.07 Å². The van der Waals surface area contributed by atoms with Gasteiger partial charge in [-0.25, -0.2) is 4.98 Å². The van der Waals surface area contributed by atoms with Gasteiger partial charge in [0, 0.05) is 25.8 Å². The molecule has 1 aliphatic carbocycles. The Morgan fingerprint density at radius 3 is 2.82 bits per heavy atom. The molecule has 0 radical (unpaired) electrons. The van der Waals surface area contributed by atoms with Gasteiger partial charge >= 0.3 is 0 Å². The fraction of sp³-hybridized carbons (Fsp3) is 0.471. The van der Waals surface area contributed by atoms with Crippen LogP contribution in [0.3, 0.4) is 0 Å². The van der Waals surface area contributed by atoms with Crippen LogP contribution in [0, 0.1) is 5.92 Å². The third-order valence-corrected chi connectivity index (χ3v) is 4.44. The fourth-order valence-corrected chi connectivity index (χ4v) is 3.01. The molecule has 0 amide bonds. The molecule has 1 aliphatic heterocycles. The van der Waals surface area contributed by atoms with E-state index in [9.17, 15) is 0 Å². The second-order valence-corrected chi connectivity index (χ2v) is 6.09. The molecule has 1 saturated carbocycles. The molecule has 1 aromatic heterocycles. The van der Waals surface area contributed by atoms with E-state index in [-0.39, 0.29) is 0 Å². The van der Waals surface area contributed by atoms with E-state index in [1.165, 1.54) is 24.1 Å². The minimum absolute atomic E-state index is 0.366. The molecular formula is C17H21N3O2. The van der Waals surface area contributed by atoms with Gasteiger partial charge in [0.15, 0.2) is 11.5 Å². The molecule has 2 aromatic rings. The Morgan fingerprint density at radius 1 is 1.27 bits per heavy atom. The Balaban J connectivity index is 1.53. The summed E-state index contributed by atoms with van der Waals surface area (Å²) in [5.41, 5.74) is 2.48. The zero-order valence-electron chi connectivity index (χ0n) is 12.8. The van der Waals surface area contributed by atoms with Crippen molar-refractivity contribution >= 4 is 0 Å². The van der Waals surface area contributed by atoms with Gasteiger partial charge in [-0.05, 0) is 36.5 Å². The summed E-state index contributed by atoms with van der Waals surface area (Å²) in [6, 6.07) is 6.69. The lowest BCUT2D eigenvalue weighted by Gasteiger charge is -2.23. The number of hydrogen-bond acceptors (Lipinski definition) is 4. The number of nitrogens with one attached hydrogen (secondary N) is 1. The van der Waals surface area contributed by atoms with Crippen molar-refractivity contribution in [2.45, 2.75) is 25.4 Å². The van der Waals surface area contributed by atoms with Gasteiger partial charge in [0.2, 0.25) is 0 Å². The molecule has 0 spiro atoms. The van der Waals surface area contributed by atoms with Gasteiger partial charge in [0.05, 0.1) is 12.0 Å². The molecule has 1 aromatic carbocycles. The van der Waals surface area contributed by atoms with Crippen LogP contribution in [0.5, 0.6) is 11.5 Å². The monoisotopic (exact) mass is 299 g/mol. The molecule has 22 heavy (non-hydrogen) atoms. The first-order valence-corrected chi connectivity index (χ1v) is 7.89. The van der Waals surface area contributed by atoms with Crippen LogP contribution in [-0.2, 0) is 13.6 Å². The summed E-state index contributed by atoms with van der Waals surface area (Å²) >= 11 is 0. The number of rotatable bonds is 5. The summed E-state index contributed by atoms with van der Waals surface area (Å²) < 4.78 is 13.4. The van der Waals surface area contributed by atoms with Gasteiger partial charge in [0.1, 0.15) is 13.2 Å². The quantitative estimate of drug-likeness (QED) is 0.921. The number of fused-ring (bicyclic) bond motifs is 1. The summed E-state index contributed by atoms with van der Waals surface area (Å²) in [7, 11) is 2.03. The maximum atomic E-state index is 5.72. The Hall–Kier alpha value is -2.01. The maximum Gasteiger partial charge on any atom is 0.161 e. The van der Waals surface area contributed by atoms with E-state index in [2.05, 4.69) is 27.0 Å². The Morgan fingerprint density at radius 2 is 2.09 bits per heavy atom. The van der Waals surface area contributed by atoms with Crippen LogP contribution in [0.2, 0.25) is 0 Å². The predicted molar refractivity (Wildman–Crippen MR) is 82.9 cm³/mol. The highest BCUT2D eigenvalue weighted by Crippen LogP contribution is 2.43. The van der Waals surface area contributed by atoms with Gasteiger partial charge in [0.25, 0.3) is 0 Å². The Labute approximate surface area is 130 Å². The van der Waals surface area contributed by atoms with E-state index in [0.717, 1.165) is 24.0 Å². The number of benzene rings is 1. The van der Waals surface area contributed by atoms with E-state index in [1.807, 2.05) is 25.6 Å². The predicted octanol–water partition coefficient (Wildman–Crippen LogP) is 2.43. The van der Waals surface area contributed by atoms with Crippen LogP contribution in [0.4, 0.5) is 0 Å². The topological polar surface area (TPSA) is 48.3 Å². The largest absolute Gasteiger partial charge is 0.486 e. The van der Waals surface area contributed by atoms with Crippen LogP contribution < -0.4 is 14.8 Å². The summed E-state index contributed by atoms with van der Waals surface area (Å²) in [5, 5.41) is 3.69. The minimum atomic E-state index is 0.366. The highest BCUT2D eigenvalue weighted by Gasteiger charge is 2.32. The normalized spacial score (nSPS) is 18.2. The molecule has 1 N–H and O–H groups in total. The van der Waals surface area contributed by atoms with Gasteiger partial charge in [-0.3, -0.25) is 0 Å². The summed E-state index contributed by atoms with van der Waals surface area (Å²) in [6.07, 6.45) is 6.34. The molecular weight excluding hydrogens is 278 g/mol. The fourth-order valence-electron chi connectivity index (χ4n) is 3.01. The van der Waals surface area contributed by atoms with Crippen molar-refractivity contribution in [3.63, 3.8) is 0 Å². The molecule has 1 unspecified atom stereocenters. The molecule has 116 valence electrons. The molecule has 5 heteroatoms. The van der Waals surface area contributed by atoms with Crippen LogP contribution in [0.15, 0.2) is 30.7 Å². The third kappa shape index (κ3) is 2.68. The first-order chi connectivity index (χ1) is 10.8. The molecule has 1 fully saturated rings. The lowest BCUT2D eigenvalue weighted by atomic mass is 10.0. The van der Waals surface area contributed by atoms with Crippen LogP contribution in [0.25, 0.3) is 0 Å². The zero-order valence-corrected chi connectivity index (χ0v) is 12.8. The number of aryl methyl sites for hydroxylation is 1. The molecule has 2 aliphatic rings. The maximum absolute atomic E-state index is 5.72. The first-order valence-electron chi connectivity index (χ1n) is 7.89. The van der Waals surface area contributed by atoms with Crippen LogP contribution in [-0.4, -0.2) is 22.8 Å². The molecule has 4 rings (SSSR count).